The molecule has 0 spiro atoms. The monoisotopic (exact) mass is 480 g/mol. The topological polar surface area (TPSA) is 88.9 Å². The molecule has 0 radical (unpaired) electrons. The normalized spacial score (nSPS) is 12.8. The molecule has 4 rings (SSSR count). The van der Waals surface area contributed by atoms with Gasteiger partial charge in [0.2, 0.25) is 0 Å². The van der Waals surface area contributed by atoms with Crippen LogP contribution >= 0.6 is 11.3 Å². The average molecular weight is 481 g/mol. The van der Waals surface area contributed by atoms with Crippen molar-refractivity contribution in [1.82, 2.24) is 30.1 Å². The number of methoxy groups -OCH3 is 1. The highest BCUT2D eigenvalue weighted by Crippen LogP contribution is 2.31. The van der Waals surface area contributed by atoms with E-state index in [9.17, 15) is 4.79 Å². The number of tetrazole rings is 1. The van der Waals surface area contributed by atoms with E-state index in [0.29, 0.717) is 26.2 Å². The zero-order valence-electron chi connectivity index (χ0n) is 20.4. The minimum atomic E-state index is -0.0798. The SMILES string of the molecule is COCCn1nnnc1C(C(C)C)N(Cc1cccs1)Cc1cc2cc(C)c(C)cc2[nH]c1=O. The first-order chi connectivity index (χ1) is 16.4. The fraction of sp³-hybridized carbons (Fsp3) is 0.440. The van der Waals surface area contributed by atoms with E-state index in [1.807, 2.05) is 16.8 Å². The van der Waals surface area contributed by atoms with Crippen LogP contribution in [0.1, 0.15) is 47.3 Å². The van der Waals surface area contributed by atoms with Crippen LogP contribution in [0.15, 0.2) is 40.5 Å². The third-order valence-corrected chi connectivity index (χ3v) is 7.07. The first-order valence-corrected chi connectivity index (χ1v) is 12.4. The maximum absolute atomic E-state index is 13.1. The van der Waals surface area contributed by atoms with Crippen LogP contribution in [0.2, 0.25) is 0 Å². The fourth-order valence-electron chi connectivity index (χ4n) is 4.36. The Hall–Kier alpha value is -2.88. The molecular formula is C25H32N6O2S. The molecule has 0 saturated heterocycles. The van der Waals surface area contributed by atoms with Gasteiger partial charge in [0.25, 0.3) is 5.56 Å². The summed E-state index contributed by atoms with van der Waals surface area (Å²) in [6.07, 6.45) is 0. The first-order valence-electron chi connectivity index (χ1n) is 11.5. The van der Waals surface area contributed by atoms with E-state index in [0.717, 1.165) is 27.9 Å². The van der Waals surface area contributed by atoms with Crippen LogP contribution in [0.5, 0.6) is 0 Å². The maximum Gasteiger partial charge on any atom is 0.252 e. The van der Waals surface area contributed by atoms with E-state index in [2.05, 4.69) is 76.7 Å². The predicted octanol–water partition coefficient (Wildman–Crippen LogP) is 4.24. The van der Waals surface area contributed by atoms with Crippen molar-refractivity contribution in [3.8, 4) is 0 Å². The molecule has 9 heteroatoms. The van der Waals surface area contributed by atoms with Crippen molar-refractivity contribution in [2.24, 2.45) is 5.92 Å². The molecule has 0 fully saturated rings. The number of aromatic nitrogens is 5. The summed E-state index contributed by atoms with van der Waals surface area (Å²) < 4.78 is 7.06. The number of pyridine rings is 1. The molecule has 3 aromatic heterocycles. The lowest BCUT2D eigenvalue weighted by Crippen LogP contribution is -2.35. The standard InChI is InChI=1S/C25H32N6O2S/c1-16(2)23(24-27-28-29-31(24)8-9-33-5)30(15-21-7-6-10-34-21)14-20-13-19-11-17(3)18(4)12-22(19)26-25(20)32/h6-7,10-13,16,23H,8-9,14-15H2,1-5H3,(H,26,32). The Morgan fingerprint density at radius 1 is 1.18 bits per heavy atom. The average Bonchev–Trinajstić information content (AvgIpc) is 3.46. The van der Waals surface area contributed by atoms with Gasteiger partial charge < -0.3 is 9.72 Å². The number of thiophene rings is 1. The molecule has 1 unspecified atom stereocenters. The van der Waals surface area contributed by atoms with Crippen molar-refractivity contribution in [1.29, 1.82) is 0 Å². The molecule has 8 nitrogen and oxygen atoms in total. The number of fused-ring (bicyclic) bond motifs is 1. The van der Waals surface area contributed by atoms with Gasteiger partial charge in [-0.15, -0.1) is 16.4 Å². The molecule has 0 bridgehead atoms. The van der Waals surface area contributed by atoms with Gasteiger partial charge in [-0.3, -0.25) is 9.69 Å². The van der Waals surface area contributed by atoms with Crippen LogP contribution in [0.25, 0.3) is 10.9 Å². The molecule has 0 aliphatic rings. The summed E-state index contributed by atoms with van der Waals surface area (Å²) in [4.78, 5) is 19.7. The number of benzene rings is 1. The summed E-state index contributed by atoms with van der Waals surface area (Å²) in [5.74, 6) is 1.00. The van der Waals surface area contributed by atoms with E-state index in [1.54, 1.807) is 18.4 Å². The molecule has 0 saturated carbocycles. The number of nitrogens with one attached hydrogen (secondary N) is 1. The maximum atomic E-state index is 13.1. The smallest absolute Gasteiger partial charge is 0.252 e. The number of hydrogen-bond acceptors (Lipinski definition) is 7. The van der Waals surface area contributed by atoms with Crippen LogP contribution in [0, 0.1) is 19.8 Å². The van der Waals surface area contributed by atoms with Crippen molar-refractivity contribution in [2.45, 2.75) is 53.4 Å². The molecule has 180 valence electrons. The highest BCUT2D eigenvalue weighted by Gasteiger charge is 2.30. The lowest BCUT2D eigenvalue weighted by atomic mass is 10.00. The number of hydrogen-bond donors (Lipinski definition) is 1. The van der Waals surface area contributed by atoms with E-state index >= 15 is 0 Å². The second kappa shape index (κ2) is 10.6. The van der Waals surface area contributed by atoms with E-state index < -0.39 is 0 Å². The van der Waals surface area contributed by atoms with E-state index in [4.69, 9.17) is 4.74 Å². The molecule has 1 aromatic carbocycles. The van der Waals surface area contributed by atoms with Crippen molar-refractivity contribution in [3.63, 3.8) is 0 Å². The molecule has 0 aliphatic carbocycles. The summed E-state index contributed by atoms with van der Waals surface area (Å²) in [7, 11) is 1.67. The Morgan fingerprint density at radius 3 is 2.68 bits per heavy atom. The summed E-state index contributed by atoms with van der Waals surface area (Å²) in [5.41, 5.74) is 3.91. The van der Waals surface area contributed by atoms with Gasteiger partial charge in [0.1, 0.15) is 0 Å². The summed E-state index contributed by atoms with van der Waals surface area (Å²) >= 11 is 1.71. The Morgan fingerprint density at radius 2 is 1.97 bits per heavy atom. The molecule has 3 heterocycles. The van der Waals surface area contributed by atoms with E-state index in [1.165, 1.54) is 10.4 Å². The zero-order valence-corrected chi connectivity index (χ0v) is 21.2. The number of ether oxygens (including phenoxy) is 1. The first kappa shape index (κ1) is 24.3. The van der Waals surface area contributed by atoms with Crippen LogP contribution in [-0.2, 0) is 24.4 Å². The molecule has 4 aromatic rings. The van der Waals surface area contributed by atoms with Crippen LogP contribution in [0.3, 0.4) is 0 Å². The molecule has 0 amide bonds. The lowest BCUT2D eigenvalue weighted by molar-refractivity contribution is 0.122. The zero-order chi connectivity index (χ0) is 24.2. The molecule has 34 heavy (non-hydrogen) atoms. The molecule has 0 aliphatic heterocycles. The second-order valence-electron chi connectivity index (χ2n) is 9.07. The van der Waals surface area contributed by atoms with Crippen LogP contribution in [0.4, 0.5) is 0 Å². The third kappa shape index (κ3) is 5.27. The van der Waals surface area contributed by atoms with Gasteiger partial charge in [-0.05, 0) is 76.4 Å². The largest absolute Gasteiger partial charge is 0.383 e. The van der Waals surface area contributed by atoms with Gasteiger partial charge in [0.05, 0.1) is 19.2 Å². The van der Waals surface area contributed by atoms with Crippen LogP contribution in [-0.4, -0.2) is 43.8 Å². The van der Waals surface area contributed by atoms with Gasteiger partial charge >= 0.3 is 0 Å². The van der Waals surface area contributed by atoms with Crippen molar-refractivity contribution in [3.05, 3.63) is 73.5 Å². The number of aromatic amines is 1. The number of H-pyrrole nitrogens is 1. The minimum absolute atomic E-state index is 0.0617. The second-order valence-corrected chi connectivity index (χ2v) is 10.1. The van der Waals surface area contributed by atoms with Crippen molar-refractivity contribution < 1.29 is 4.74 Å². The fourth-order valence-corrected chi connectivity index (χ4v) is 5.09. The summed E-state index contributed by atoms with van der Waals surface area (Å²) in [5, 5.41) is 15.7. The molecule has 1 N–H and O–H groups in total. The lowest BCUT2D eigenvalue weighted by Gasteiger charge is -2.33. The Bertz CT molecular complexity index is 1290. The third-order valence-electron chi connectivity index (χ3n) is 6.20. The Kier molecular flexibility index (Phi) is 7.55. The Labute approximate surface area is 203 Å². The summed E-state index contributed by atoms with van der Waals surface area (Å²) in [6.45, 7) is 10.8. The van der Waals surface area contributed by atoms with Gasteiger partial charge in [-0.2, -0.15) is 0 Å². The molecule has 1 atom stereocenters. The van der Waals surface area contributed by atoms with E-state index in [-0.39, 0.29) is 17.5 Å². The van der Waals surface area contributed by atoms with Crippen molar-refractivity contribution >= 4 is 22.2 Å². The number of aryl methyl sites for hydroxylation is 2. The van der Waals surface area contributed by atoms with Crippen molar-refractivity contribution in [2.75, 3.05) is 13.7 Å². The van der Waals surface area contributed by atoms with Gasteiger partial charge in [-0.1, -0.05) is 19.9 Å². The van der Waals surface area contributed by atoms with Gasteiger partial charge in [0.15, 0.2) is 5.82 Å². The number of nitrogens with zero attached hydrogens (tertiary/aromatic N) is 5. The van der Waals surface area contributed by atoms with Gasteiger partial charge in [0, 0.05) is 36.2 Å². The van der Waals surface area contributed by atoms with Gasteiger partial charge in [-0.25, -0.2) is 4.68 Å². The minimum Gasteiger partial charge on any atom is -0.383 e. The highest BCUT2D eigenvalue weighted by molar-refractivity contribution is 7.09. The predicted molar refractivity (Wildman–Crippen MR) is 135 cm³/mol. The highest BCUT2D eigenvalue weighted by atomic mass is 32.1. The van der Waals surface area contributed by atoms with Crippen LogP contribution < -0.4 is 5.56 Å². The number of rotatable bonds is 10. The quantitative estimate of drug-likeness (QED) is 0.365. The molecular weight excluding hydrogens is 448 g/mol. The Balaban J connectivity index is 1.75. The summed E-state index contributed by atoms with van der Waals surface area (Å²) in [6, 6.07) is 10.3.